The minimum Gasteiger partial charge on any atom is -0.399 e. The second kappa shape index (κ2) is 62.3. The summed E-state index contributed by atoms with van der Waals surface area (Å²) in [5.74, 6) is 153. The first-order valence-electron chi connectivity index (χ1n) is 23.5. The number of carbonyl (C=O) groups excluding carboxylic acids is 1. The number of terminal acetylenes is 1. The molecule has 2 aromatic carbocycles. The Hall–Kier alpha value is -16.8. The van der Waals surface area contributed by atoms with Gasteiger partial charge in [-0.1, -0.05) is 19.4 Å². The van der Waals surface area contributed by atoms with Crippen LogP contribution in [0.3, 0.4) is 0 Å². The molecule has 2 N–H and O–H groups in total. The summed E-state index contributed by atoms with van der Waals surface area (Å²) in [7, 11) is 0. The minimum atomic E-state index is -4.64. The van der Waals surface area contributed by atoms with Crippen LogP contribution < -0.4 is 5.73 Å². The third-order valence-corrected chi connectivity index (χ3v) is 6.74. The Kier molecular flexibility index (Phi) is 53.9. The van der Waals surface area contributed by atoms with E-state index >= 15 is 0 Å². The van der Waals surface area contributed by atoms with Crippen LogP contribution in [-0.2, 0) is 18.1 Å². The molecule has 0 aliphatic carbocycles. The molecule has 94 heavy (non-hydrogen) atoms. The van der Waals surface area contributed by atoms with Gasteiger partial charge in [-0.3, -0.25) is 4.79 Å². The van der Waals surface area contributed by atoms with E-state index in [1.54, 1.807) is 13.8 Å². The molecule has 0 bridgehead atoms. The average Bonchev–Trinajstić information content (AvgIpc) is 1.06. The lowest BCUT2D eigenvalue weighted by atomic mass is 10.1. The number of nitrogens with two attached hydrogens (primary N) is 1. The fourth-order valence-corrected chi connectivity index (χ4v) is 3.60. The van der Waals surface area contributed by atoms with Crippen LogP contribution in [0.5, 0.6) is 0 Å². The van der Waals surface area contributed by atoms with Crippen molar-refractivity contribution >= 4 is 12.0 Å². The lowest BCUT2D eigenvalue weighted by Crippen LogP contribution is -2.07. The Morgan fingerprint density at radius 3 is 0.681 bits per heavy atom. The maximum absolute atomic E-state index is 12.6. The second-order valence-electron chi connectivity index (χ2n) is 13.1. The van der Waals surface area contributed by atoms with Crippen molar-refractivity contribution in [1.29, 1.82) is 0 Å². The highest BCUT2D eigenvalue weighted by atomic mass is 19.4. The van der Waals surface area contributed by atoms with Crippen LogP contribution in [0.2, 0.25) is 0 Å². The lowest BCUT2D eigenvalue weighted by Gasteiger charge is -2.00. The van der Waals surface area contributed by atoms with Crippen molar-refractivity contribution in [2.75, 3.05) is 5.73 Å². The molecule has 2 nitrogen and oxygen atoms in total. The van der Waals surface area contributed by atoms with Gasteiger partial charge in [-0.2, -0.15) is 13.2 Å². The molecule has 0 heterocycles. The van der Waals surface area contributed by atoms with E-state index in [1.165, 1.54) is 6.07 Å². The van der Waals surface area contributed by atoms with Crippen molar-refractivity contribution in [3.63, 3.8) is 0 Å². The number of anilines is 1. The number of aldehydes is 1. The van der Waals surface area contributed by atoms with Gasteiger partial charge in [0.15, 0.2) is 23.3 Å². The molecule has 0 saturated heterocycles. The molecule has 428 valence electrons. The zero-order valence-electron chi connectivity index (χ0n) is 47.3. The van der Waals surface area contributed by atoms with Crippen LogP contribution in [0.4, 0.5) is 45.2 Å². The molecule has 2 aromatic rings. The summed E-state index contributed by atoms with van der Waals surface area (Å²) in [6.07, 6.45) is -0.757. The maximum atomic E-state index is 12.6. The largest absolute Gasteiger partial charge is 0.446 e. The van der Waals surface area contributed by atoms with E-state index in [2.05, 4.69) is 373 Å². The number of alkyl halides is 5. The number of aryl methyl sites for hydroxylation is 1. The number of carbonyl (C=O) groups is 1. The van der Waals surface area contributed by atoms with Crippen molar-refractivity contribution in [2.24, 2.45) is 0 Å². The number of hydrogen-bond acceptors (Lipinski definition) is 2. The first-order chi connectivity index (χ1) is 45.3. The number of halogens is 9. The minimum absolute atomic E-state index is 0. The summed E-state index contributed by atoms with van der Waals surface area (Å²) in [5.41, 5.74) is 5.11. The van der Waals surface area contributed by atoms with Crippen LogP contribution in [0.15, 0.2) is 24.3 Å². The molecule has 0 radical (unpaired) electrons. The van der Waals surface area contributed by atoms with E-state index < -0.39 is 49.1 Å². The summed E-state index contributed by atoms with van der Waals surface area (Å²) in [6, 6.07) is 4.21. The van der Waals surface area contributed by atoms with Crippen LogP contribution in [-0.4, -0.2) is 12.5 Å². The zero-order chi connectivity index (χ0) is 68.6. The molecule has 0 aliphatic heterocycles. The summed E-state index contributed by atoms with van der Waals surface area (Å²) in [4.78, 5) is 8.70. The highest BCUT2D eigenvalue weighted by molar-refractivity contribution is 5.57. The van der Waals surface area contributed by atoms with E-state index in [4.69, 9.17) is 17.0 Å². The van der Waals surface area contributed by atoms with Crippen molar-refractivity contribution in [2.45, 2.75) is 40.8 Å². The molecule has 0 saturated carbocycles. The third-order valence-electron chi connectivity index (χ3n) is 6.74. The molecule has 0 spiro atoms. The highest BCUT2D eigenvalue weighted by Crippen LogP contribution is 2.17. The Morgan fingerprint density at radius 2 is 0.511 bits per heavy atom. The van der Waals surface area contributed by atoms with Gasteiger partial charge in [0.25, 0.3) is 0 Å². The van der Waals surface area contributed by atoms with Gasteiger partial charge in [-0.25, -0.2) is 26.3 Å². The first-order valence-corrected chi connectivity index (χ1v) is 23.5. The van der Waals surface area contributed by atoms with Crippen LogP contribution in [0, 0.1) is 410 Å². The van der Waals surface area contributed by atoms with Crippen LogP contribution in [0.1, 0.15) is 31.0 Å². The van der Waals surface area contributed by atoms with Crippen molar-refractivity contribution in [3.05, 3.63) is 64.2 Å². The molecular formula is C83H22F9NO. The summed E-state index contributed by atoms with van der Waals surface area (Å²) >= 11 is 0. The number of nitrogen functional groups attached to an aromatic ring is 1. The van der Waals surface area contributed by atoms with Crippen LogP contribution >= 0.6 is 0 Å². The van der Waals surface area contributed by atoms with Gasteiger partial charge in [0, 0.05) is 289 Å². The SMILES string of the molecule is C.C#CC#CC#CC#CC#CC#CC#CC#CC#CC#CC#CC#CC#CC#CC#CC#CC#CC#CC#CC#CC#CC#CC#CC#CC#CC#CC#CC#CC#CC#CC#CC#CC.Cc1cc(F)c(F)c(CF)c1.Nc1cc(F)c(F)c(CF)c1.O=CC(F)(F)F. The fourth-order valence-electron chi connectivity index (χ4n) is 3.60. The normalized spacial score (nSPS) is 5.81. The Labute approximate surface area is 543 Å². The van der Waals surface area contributed by atoms with Crippen molar-refractivity contribution in [3.8, 4) is 379 Å². The monoisotopic (exact) mass is 1220 g/mol. The average molecular weight is 1220 g/mol. The highest BCUT2D eigenvalue weighted by Gasteiger charge is 2.25. The summed E-state index contributed by atoms with van der Waals surface area (Å²) < 4.78 is 105. The summed E-state index contributed by atoms with van der Waals surface area (Å²) in [5, 5.41) is 0. The van der Waals surface area contributed by atoms with E-state index in [1.807, 2.05) is 0 Å². The van der Waals surface area contributed by atoms with Gasteiger partial charge in [-0.15, -0.1) is 6.42 Å². The molecular weight excluding hydrogens is 1200 g/mol. The predicted octanol–water partition coefficient (Wildman–Crippen LogP) is 6.89. The molecule has 0 atom stereocenters. The fraction of sp³-hybridized carbons (Fsp3) is 0.0723. The smallest absolute Gasteiger partial charge is 0.399 e. The van der Waals surface area contributed by atoms with Crippen molar-refractivity contribution in [1.82, 2.24) is 0 Å². The van der Waals surface area contributed by atoms with Gasteiger partial charge in [0.2, 0.25) is 6.29 Å². The maximum Gasteiger partial charge on any atom is 0.446 e. The van der Waals surface area contributed by atoms with Gasteiger partial charge in [0.1, 0.15) is 13.3 Å². The molecule has 0 unspecified atom stereocenters. The molecule has 2 rings (SSSR count). The van der Waals surface area contributed by atoms with Gasteiger partial charge < -0.3 is 5.73 Å². The molecule has 0 aliphatic rings. The van der Waals surface area contributed by atoms with Gasteiger partial charge in [-0.05, 0) is 132 Å². The standard InChI is InChI=1S/C65H4.C8H7F3.C7H6F3N.C2HF3O.CH4/c1-3-5-7-9-11-13-15-17-19-21-23-25-27-29-31-33-35-37-39-41-43-45-47-49-51-53-55-57-59-61-63-65-64-62-60-58-56-54-52-50-48-46-44-42-40-38-36-34-32-30-28-26-24-22-20-18-16-14-12-10-8-6-4-2;1-5-2-6(4-9)8(11)7(10)3-5;8-3-4-1-5(11)2-6(9)7(4)10;3-2(4,5)1-6;/h1H,2H3;2-3H,4H2,1H3;1-2H,3,11H2;1H;1H4. The first kappa shape index (κ1) is 81.4. The van der Waals surface area contributed by atoms with Gasteiger partial charge >= 0.3 is 6.18 Å². The second-order valence-corrected chi connectivity index (χ2v) is 13.1. The zero-order valence-corrected chi connectivity index (χ0v) is 47.3. The number of benzene rings is 2. The number of hydrogen-bond donors (Lipinski definition) is 1. The third kappa shape index (κ3) is 58.4. The predicted molar refractivity (Wildman–Crippen MR) is 346 cm³/mol. The Bertz CT molecular complexity index is 5440. The van der Waals surface area contributed by atoms with Gasteiger partial charge in [0.05, 0.1) is 0 Å². The van der Waals surface area contributed by atoms with Crippen molar-refractivity contribution < 1.29 is 44.3 Å². The topological polar surface area (TPSA) is 43.1 Å². The Morgan fingerprint density at radius 1 is 0.340 bits per heavy atom. The van der Waals surface area contributed by atoms with E-state index in [-0.39, 0.29) is 24.2 Å². The van der Waals surface area contributed by atoms with Crippen LogP contribution in [0.25, 0.3) is 0 Å². The van der Waals surface area contributed by atoms with E-state index in [0.29, 0.717) is 5.56 Å². The Balaban J connectivity index is -0.00000230. The molecule has 0 amide bonds. The summed E-state index contributed by atoms with van der Waals surface area (Å²) in [6.45, 7) is 1.25. The molecule has 0 aromatic heterocycles. The van der Waals surface area contributed by atoms with E-state index in [0.717, 1.165) is 18.2 Å². The quantitative estimate of drug-likeness (QED) is 0.154. The van der Waals surface area contributed by atoms with E-state index in [9.17, 15) is 39.5 Å². The lowest BCUT2D eigenvalue weighted by molar-refractivity contribution is -0.156. The molecule has 0 fully saturated rings. The number of rotatable bonds is 2. The molecule has 11 heteroatoms.